The molecule has 0 aliphatic carbocycles. The molecule has 0 aliphatic heterocycles. The van der Waals surface area contributed by atoms with Crippen molar-refractivity contribution in [2.24, 2.45) is 5.92 Å². The lowest BCUT2D eigenvalue weighted by atomic mass is 10.0. The Morgan fingerprint density at radius 2 is 0.489 bits per heavy atom. The summed E-state index contributed by atoms with van der Waals surface area (Å²) in [6.45, 7) is 7.24. The third-order valence-corrected chi connectivity index (χ3v) is 19.4. The van der Waals surface area contributed by atoms with Crippen LogP contribution in [-0.4, -0.2) is 96.7 Å². The van der Waals surface area contributed by atoms with Crippen LogP contribution in [0.5, 0.6) is 0 Å². The molecule has 0 heterocycles. The number of hydrogen-bond donors (Lipinski definition) is 3. The number of hydrogen-bond acceptors (Lipinski definition) is 15. The Kier molecular flexibility index (Phi) is 66.8. The van der Waals surface area contributed by atoms with Crippen LogP contribution in [-0.2, 0) is 65.4 Å². The summed E-state index contributed by atoms with van der Waals surface area (Å²) in [5.74, 6) is -1.32. The number of ether oxygens (including phenoxy) is 4. The number of phosphoric ester groups is 2. The van der Waals surface area contributed by atoms with E-state index in [2.05, 4.69) is 34.6 Å². The zero-order valence-corrected chi connectivity index (χ0v) is 62.9. The molecule has 0 aliphatic rings. The molecule has 17 nitrogen and oxygen atoms in total. The van der Waals surface area contributed by atoms with Gasteiger partial charge in [0.25, 0.3) is 0 Å². The second-order valence-electron chi connectivity index (χ2n) is 27.5. The van der Waals surface area contributed by atoms with Gasteiger partial charge in [0.2, 0.25) is 0 Å². The quantitative estimate of drug-likeness (QED) is 0.0222. The number of aliphatic hydroxyl groups excluding tert-OH is 1. The van der Waals surface area contributed by atoms with Crippen molar-refractivity contribution >= 4 is 39.5 Å². The van der Waals surface area contributed by atoms with Crippen LogP contribution in [0.4, 0.5) is 0 Å². The maximum absolute atomic E-state index is 13.1. The number of carbonyl (C=O) groups excluding carboxylic acids is 4. The van der Waals surface area contributed by atoms with Crippen LogP contribution in [0.3, 0.4) is 0 Å². The summed E-state index contributed by atoms with van der Waals surface area (Å²) >= 11 is 0. The van der Waals surface area contributed by atoms with Gasteiger partial charge in [-0.15, -0.1) is 0 Å². The smallest absolute Gasteiger partial charge is 0.462 e. The van der Waals surface area contributed by atoms with E-state index >= 15 is 0 Å². The van der Waals surface area contributed by atoms with Crippen LogP contribution < -0.4 is 0 Å². The lowest BCUT2D eigenvalue weighted by Crippen LogP contribution is -2.30. The van der Waals surface area contributed by atoms with Gasteiger partial charge in [0.15, 0.2) is 12.2 Å². The Bertz CT molecular complexity index is 1810. The van der Waals surface area contributed by atoms with Gasteiger partial charge in [-0.1, -0.05) is 343 Å². The molecular formula is C75H146O17P2. The van der Waals surface area contributed by atoms with E-state index in [9.17, 15) is 43.2 Å². The summed E-state index contributed by atoms with van der Waals surface area (Å²) in [6.07, 6.45) is 57.2. The zero-order chi connectivity index (χ0) is 69.1. The van der Waals surface area contributed by atoms with Gasteiger partial charge in [-0.25, -0.2) is 9.13 Å². The molecule has 0 aromatic heterocycles. The molecule has 0 rings (SSSR count). The van der Waals surface area contributed by atoms with Crippen LogP contribution in [0.15, 0.2) is 0 Å². The Morgan fingerprint density at radius 3 is 0.723 bits per heavy atom. The first-order valence-electron chi connectivity index (χ1n) is 39.1. The largest absolute Gasteiger partial charge is 0.472 e. The van der Waals surface area contributed by atoms with Crippen molar-refractivity contribution in [2.75, 3.05) is 39.6 Å². The molecule has 19 heteroatoms. The summed E-state index contributed by atoms with van der Waals surface area (Å²) in [5, 5.41) is 10.6. The molecule has 5 atom stereocenters. The van der Waals surface area contributed by atoms with Gasteiger partial charge < -0.3 is 33.8 Å². The van der Waals surface area contributed by atoms with Gasteiger partial charge in [-0.05, 0) is 31.6 Å². The van der Waals surface area contributed by atoms with Crippen LogP contribution in [0.1, 0.15) is 394 Å². The lowest BCUT2D eigenvalue weighted by Gasteiger charge is -2.21. The summed E-state index contributed by atoms with van der Waals surface area (Å²) in [7, 11) is -9.90. The highest BCUT2D eigenvalue weighted by Crippen LogP contribution is 2.45. The van der Waals surface area contributed by atoms with E-state index in [1.54, 1.807) is 0 Å². The molecular weight excluding hydrogens is 1230 g/mol. The summed E-state index contributed by atoms with van der Waals surface area (Å²) < 4.78 is 68.3. The van der Waals surface area contributed by atoms with Gasteiger partial charge in [0, 0.05) is 25.7 Å². The maximum atomic E-state index is 13.1. The first-order valence-corrected chi connectivity index (χ1v) is 42.1. The van der Waals surface area contributed by atoms with Crippen LogP contribution in [0.25, 0.3) is 0 Å². The molecule has 0 aromatic carbocycles. The van der Waals surface area contributed by atoms with Crippen molar-refractivity contribution in [2.45, 2.75) is 412 Å². The number of phosphoric acid groups is 2. The molecule has 0 radical (unpaired) electrons. The highest BCUT2D eigenvalue weighted by atomic mass is 31.2. The van der Waals surface area contributed by atoms with E-state index in [0.717, 1.165) is 109 Å². The van der Waals surface area contributed by atoms with Gasteiger partial charge in [0.05, 0.1) is 26.4 Å². The van der Waals surface area contributed by atoms with E-state index in [4.69, 9.17) is 37.0 Å². The average molecular weight is 1380 g/mol. The summed E-state index contributed by atoms with van der Waals surface area (Å²) in [6, 6.07) is 0. The number of aliphatic hydroxyl groups is 1. The van der Waals surface area contributed by atoms with Crippen molar-refractivity contribution in [3.05, 3.63) is 0 Å². The fourth-order valence-corrected chi connectivity index (χ4v) is 13.1. The molecule has 94 heavy (non-hydrogen) atoms. The average Bonchev–Trinajstić information content (AvgIpc) is 1.29. The van der Waals surface area contributed by atoms with Crippen molar-refractivity contribution in [1.82, 2.24) is 0 Å². The highest BCUT2D eigenvalue weighted by molar-refractivity contribution is 7.47. The standard InChI is InChI=1S/C75H146O17P2/c1-6-9-12-15-18-20-21-22-23-24-25-26-27-28-29-34-37-41-46-51-56-61-75(80)92-71(65-86-73(78)59-54-49-44-40-36-33-31-30-32-35-39-43-47-52-57-68(4)5)67-90-94(83,84)88-63-69(76)62-87-93(81,82)89-66-70(64-85-72(77)58-53-48-42-17-14-11-8-3)91-74(79)60-55-50-45-38-19-16-13-10-7-2/h68-71,76H,6-67H2,1-5H3,(H,81,82)(H,83,84)/t69-,70+,71+/m0/s1. The van der Waals surface area contributed by atoms with Crippen molar-refractivity contribution in [3.8, 4) is 0 Å². The second kappa shape index (κ2) is 68.2. The topological polar surface area (TPSA) is 237 Å². The SMILES string of the molecule is CCCCCCCCCCCCCCCCCCCCCCCC(=O)O[C@H](COC(=O)CCCCCCCCCCCCCCCCC(C)C)COP(=O)(O)OC[C@@H](O)COP(=O)(O)OC[C@@H](COC(=O)CCCCCCCCC)OC(=O)CCCCCCCCCCC. The monoisotopic (exact) mass is 1380 g/mol. The van der Waals surface area contributed by atoms with E-state index in [0.29, 0.717) is 25.7 Å². The van der Waals surface area contributed by atoms with Gasteiger partial charge >= 0.3 is 39.5 Å². The Hall–Kier alpha value is -1.94. The molecule has 2 unspecified atom stereocenters. The fraction of sp³-hybridized carbons (Fsp3) is 0.947. The predicted octanol–water partition coefficient (Wildman–Crippen LogP) is 22.1. The second-order valence-corrected chi connectivity index (χ2v) is 30.4. The molecule has 0 saturated heterocycles. The van der Waals surface area contributed by atoms with Gasteiger partial charge in [-0.3, -0.25) is 37.3 Å². The van der Waals surface area contributed by atoms with Gasteiger partial charge in [0.1, 0.15) is 19.3 Å². The summed E-state index contributed by atoms with van der Waals surface area (Å²) in [5.41, 5.74) is 0. The zero-order valence-electron chi connectivity index (χ0n) is 61.1. The van der Waals surface area contributed by atoms with Crippen molar-refractivity contribution < 1.29 is 80.2 Å². The third-order valence-electron chi connectivity index (χ3n) is 17.5. The molecule has 0 aromatic rings. The van der Waals surface area contributed by atoms with E-state index in [1.807, 2.05) is 0 Å². The predicted molar refractivity (Wildman–Crippen MR) is 382 cm³/mol. The van der Waals surface area contributed by atoms with Crippen LogP contribution >= 0.6 is 15.6 Å². The van der Waals surface area contributed by atoms with E-state index in [-0.39, 0.29) is 25.7 Å². The van der Waals surface area contributed by atoms with Crippen molar-refractivity contribution in [1.29, 1.82) is 0 Å². The normalized spacial score (nSPS) is 14.0. The minimum absolute atomic E-state index is 0.106. The number of unbranched alkanes of at least 4 members (excludes halogenated alkanes) is 47. The lowest BCUT2D eigenvalue weighted by molar-refractivity contribution is -0.161. The minimum Gasteiger partial charge on any atom is -0.462 e. The van der Waals surface area contributed by atoms with Crippen molar-refractivity contribution in [3.63, 3.8) is 0 Å². The molecule has 0 bridgehead atoms. The molecule has 3 N–H and O–H groups in total. The van der Waals surface area contributed by atoms with Crippen LogP contribution in [0, 0.1) is 5.92 Å². The number of carbonyl (C=O) groups is 4. The Morgan fingerprint density at radius 1 is 0.287 bits per heavy atom. The molecule has 0 saturated carbocycles. The summed E-state index contributed by atoms with van der Waals surface area (Å²) in [4.78, 5) is 72.5. The first-order chi connectivity index (χ1) is 45.5. The maximum Gasteiger partial charge on any atom is 0.472 e. The van der Waals surface area contributed by atoms with Crippen LogP contribution in [0.2, 0.25) is 0 Å². The minimum atomic E-state index is -4.95. The van der Waals surface area contributed by atoms with E-state index < -0.39 is 97.5 Å². The molecule has 0 amide bonds. The first kappa shape index (κ1) is 92.1. The fourth-order valence-electron chi connectivity index (χ4n) is 11.5. The highest BCUT2D eigenvalue weighted by Gasteiger charge is 2.30. The number of rotatable bonds is 75. The molecule has 0 fully saturated rings. The molecule has 558 valence electrons. The molecule has 0 spiro atoms. The van der Waals surface area contributed by atoms with Gasteiger partial charge in [-0.2, -0.15) is 0 Å². The Balaban J connectivity index is 5.14. The van der Waals surface area contributed by atoms with E-state index in [1.165, 1.54) is 205 Å². The number of esters is 4. The Labute approximate surface area is 575 Å². The third kappa shape index (κ3) is 68.6.